The van der Waals surface area contributed by atoms with Gasteiger partial charge in [-0.15, -0.1) is 0 Å². The Hall–Kier alpha value is -2.96. The van der Waals surface area contributed by atoms with Crippen molar-refractivity contribution in [3.05, 3.63) is 64.2 Å². The highest BCUT2D eigenvalue weighted by atomic mass is 19.4. The Morgan fingerprint density at radius 1 is 0.943 bits per heavy atom. The Balaban J connectivity index is 2.20. The first-order chi connectivity index (χ1) is 15.9. The molecule has 3 N–H and O–H groups in total. The van der Waals surface area contributed by atoms with Crippen LogP contribution in [0.5, 0.6) is 0 Å². The molecular formula is C22H19F9N2O2. The Bertz CT molecular complexity index is 1090. The summed E-state index contributed by atoms with van der Waals surface area (Å²) in [5.74, 6) is -1.10. The fourth-order valence-electron chi connectivity index (χ4n) is 4.33. The average Bonchev–Trinajstić information content (AvgIpc) is 2.71. The van der Waals surface area contributed by atoms with Gasteiger partial charge in [-0.25, -0.2) is 4.79 Å². The first kappa shape index (κ1) is 26.6. The lowest BCUT2D eigenvalue weighted by molar-refractivity contribution is -0.143. The number of halogens is 9. The van der Waals surface area contributed by atoms with Crippen molar-refractivity contribution in [1.82, 2.24) is 0 Å². The molecule has 2 aromatic carbocycles. The molecule has 13 heteroatoms. The van der Waals surface area contributed by atoms with Gasteiger partial charge in [-0.1, -0.05) is 6.92 Å². The van der Waals surface area contributed by atoms with Gasteiger partial charge in [-0.3, -0.25) is 4.90 Å². The zero-order valence-corrected chi connectivity index (χ0v) is 17.9. The summed E-state index contributed by atoms with van der Waals surface area (Å²) in [7, 11) is 0. The highest BCUT2D eigenvalue weighted by molar-refractivity contribution is 5.90. The largest absolute Gasteiger partial charge is 0.465 e. The second-order valence-corrected chi connectivity index (χ2v) is 8.37. The second kappa shape index (κ2) is 8.61. The average molecular weight is 514 g/mol. The number of anilines is 1. The molecule has 4 nitrogen and oxygen atoms in total. The summed E-state index contributed by atoms with van der Waals surface area (Å²) in [4.78, 5) is 12.6. The highest BCUT2D eigenvalue weighted by Crippen LogP contribution is 2.47. The van der Waals surface area contributed by atoms with Gasteiger partial charge in [-0.2, -0.15) is 39.5 Å². The Morgan fingerprint density at radius 3 is 1.89 bits per heavy atom. The van der Waals surface area contributed by atoms with Crippen molar-refractivity contribution in [1.29, 1.82) is 0 Å². The maximum atomic E-state index is 13.3. The van der Waals surface area contributed by atoms with E-state index in [1.54, 1.807) is 0 Å². The van der Waals surface area contributed by atoms with Gasteiger partial charge in [0.1, 0.15) is 0 Å². The molecule has 2 atom stereocenters. The lowest BCUT2D eigenvalue weighted by atomic mass is 9.77. The molecule has 0 aromatic heterocycles. The van der Waals surface area contributed by atoms with Crippen LogP contribution in [-0.4, -0.2) is 16.9 Å². The minimum absolute atomic E-state index is 0.0212. The normalized spacial score (nSPS) is 21.1. The van der Waals surface area contributed by atoms with Gasteiger partial charge in [0.05, 0.1) is 28.0 Å². The van der Waals surface area contributed by atoms with Crippen LogP contribution in [0.4, 0.5) is 50.0 Å². The van der Waals surface area contributed by atoms with Crippen molar-refractivity contribution in [3.8, 4) is 0 Å². The predicted octanol–water partition coefficient (Wildman–Crippen LogP) is 7.02. The van der Waals surface area contributed by atoms with E-state index in [0.29, 0.717) is 29.2 Å². The van der Waals surface area contributed by atoms with Gasteiger partial charge in [-0.05, 0) is 72.7 Å². The van der Waals surface area contributed by atoms with E-state index in [2.05, 4.69) is 0 Å². The molecule has 0 aliphatic carbocycles. The Morgan fingerprint density at radius 2 is 1.46 bits per heavy atom. The SMILES string of the molecule is CC[C@]1(N)C[C@H](Cc2cc(C(F)(F)F)cc(C(F)(F)F)c2)c2cc(C(F)(F)F)ccc2N1C(=O)O. The molecule has 1 aliphatic rings. The number of carboxylic acid groups (broad SMARTS) is 1. The third-order valence-corrected chi connectivity index (χ3v) is 6.01. The molecule has 2 aromatic rings. The highest BCUT2D eigenvalue weighted by Gasteiger charge is 2.46. The van der Waals surface area contributed by atoms with Crippen LogP contribution >= 0.6 is 0 Å². The van der Waals surface area contributed by atoms with E-state index < -0.39 is 64.9 Å². The Labute approximate surface area is 193 Å². The molecule has 1 heterocycles. The first-order valence-electron chi connectivity index (χ1n) is 10.2. The summed E-state index contributed by atoms with van der Waals surface area (Å²) in [6, 6.07) is 3.13. The minimum Gasteiger partial charge on any atom is -0.465 e. The zero-order valence-electron chi connectivity index (χ0n) is 17.9. The van der Waals surface area contributed by atoms with Crippen LogP contribution < -0.4 is 10.6 Å². The number of rotatable bonds is 3. The number of amides is 1. The summed E-state index contributed by atoms with van der Waals surface area (Å²) < 4.78 is 120. The van der Waals surface area contributed by atoms with E-state index in [4.69, 9.17) is 5.73 Å². The fraction of sp³-hybridized carbons (Fsp3) is 0.409. The molecule has 192 valence electrons. The van der Waals surface area contributed by atoms with Gasteiger partial charge in [0.2, 0.25) is 0 Å². The van der Waals surface area contributed by atoms with Crippen molar-refractivity contribution < 1.29 is 49.4 Å². The number of nitrogens with two attached hydrogens (primary N) is 1. The van der Waals surface area contributed by atoms with Crippen molar-refractivity contribution >= 4 is 11.8 Å². The maximum Gasteiger partial charge on any atom is 0.416 e. The summed E-state index contributed by atoms with van der Waals surface area (Å²) in [5, 5.41) is 9.68. The van der Waals surface area contributed by atoms with Gasteiger partial charge in [0, 0.05) is 0 Å². The minimum atomic E-state index is -5.11. The lowest BCUT2D eigenvalue weighted by Crippen LogP contribution is -2.61. The lowest BCUT2D eigenvalue weighted by Gasteiger charge is -2.46. The molecule has 0 bridgehead atoms. The molecule has 1 amide bonds. The van der Waals surface area contributed by atoms with Gasteiger partial charge < -0.3 is 10.8 Å². The number of benzene rings is 2. The summed E-state index contributed by atoms with van der Waals surface area (Å²) in [6.45, 7) is 1.51. The van der Waals surface area contributed by atoms with E-state index in [1.807, 2.05) is 0 Å². The van der Waals surface area contributed by atoms with Crippen molar-refractivity contribution in [2.45, 2.75) is 56.3 Å². The van der Waals surface area contributed by atoms with E-state index in [9.17, 15) is 49.4 Å². The summed E-state index contributed by atoms with van der Waals surface area (Å²) in [6.07, 6.45) is -17.5. The fourth-order valence-corrected chi connectivity index (χ4v) is 4.33. The molecule has 1 aliphatic heterocycles. The third-order valence-electron chi connectivity index (χ3n) is 6.01. The van der Waals surface area contributed by atoms with E-state index in [1.165, 1.54) is 6.92 Å². The van der Waals surface area contributed by atoms with Crippen LogP contribution in [0.2, 0.25) is 0 Å². The topological polar surface area (TPSA) is 66.6 Å². The molecule has 0 saturated carbocycles. The van der Waals surface area contributed by atoms with Crippen LogP contribution in [0.15, 0.2) is 36.4 Å². The van der Waals surface area contributed by atoms with Gasteiger partial charge >= 0.3 is 24.6 Å². The predicted molar refractivity (Wildman–Crippen MR) is 107 cm³/mol. The molecule has 35 heavy (non-hydrogen) atoms. The van der Waals surface area contributed by atoms with Crippen LogP contribution in [-0.2, 0) is 24.9 Å². The maximum absolute atomic E-state index is 13.3. The summed E-state index contributed by atoms with van der Waals surface area (Å²) >= 11 is 0. The number of alkyl halides is 9. The number of fused-ring (bicyclic) bond motifs is 1. The molecule has 0 fully saturated rings. The number of nitrogens with zero attached hydrogens (tertiary/aromatic N) is 1. The smallest absolute Gasteiger partial charge is 0.416 e. The van der Waals surface area contributed by atoms with Gasteiger partial charge in [0.15, 0.2) is 0 Å². The monoisotopic (exact) mass is 514 g/mol. The molecule has 3 rings (SSSR count). The van der Waals surface area contributed by atoms with E-state index in [-0.39, 0.29) is 30.2 Å². The number of hydrogen-bond acceptors (Lipinski definition) is 2. The first-order valence-corrected chi connectivity index (χ1v) is 10.2. The van der Waals surface area contributed by atoms with Crippen LogP contribution in [0, 0.1) is 0 Å². The molecular weight excluding hydrogens is 495 g/mol. The zero-order chi connectivity index (χ0) is 26.6. The van der Waals surface area contributed by atoms with E-state index in [0.717, 1.165) is 6.07 Å². The molecule has 0 spiro atoms. The summed E-state index contributed by atoms with van der Waals surface area (Å²) in [5.41, 5.74) is -0.518. The third kappa shape index (κ3) is 5.34. The van der Waals surface area contributed by atoms with Crippen LogP contribution in [0.1, 0.15) is 53.5 Å². The van der Waals surface area contributed by atoms with Crippen molar-refractivity contribution in [3.63, 3.8) is 0 Å². The van der Waals surface area contributed by atoms with Gasteiger partial charge in [0.25, 0.3) is 0 Å². The Kier molecular flexibility index (Phi) is 6.55. The number of carbonyl (C=O) groups is 1. The van der Waals surface area contributed by atoms with Crippen LogP contribution in [0.3, 0.4) is 0 Å². The van der Waals surface area contributed by atoms with Crippen LogP contribution in [0.25, 0.3) is 0 Å². The second-order valence-electron chi connectivity index (χ2n) is 8.37. The van der Waals surface area contributed by atoms with Crippen molar-refractivity contribution in [2.24, 2.45) is 5.73 Å². The molecule has 0 saturated heterocycles. The van der Waals surface area contributed by atoms with E-state index >= 15 is 0 Å². The molecule has 0 radical (unpaired) electrons. The van der Waals surface area contributed by atoms with Crippen molar-refractivity contribution in [2.75, 3.05) is 4.90 Å². The molecule has 0 unspecified atom stereocenters. The number of hydrogen-bond donors (Lipinski definition) is 2. The quantitative estimate of drug-likeness (QED) is 0.433. The standard InChI is InChI=1S/C22H19F9N2O2/c1-2-19(32)10-12(5-11-6-14(21(26,27)28)8-15(7-11)22(29,30)31)16-9-13(20(23,24)25)3-4-17(16)33(19)18(34)35/h3-4,6-9,12H,2,5,10,32H2,1H3,(H,34,35)/t12-,19+/m0/s1.